The minimum atomic E-state index is -1.23. The van der Waals surface area contributed by atoms with Gasteiger partial charge in [-0.25, -0.2) is 9.59 Å². The number of aromatic nitrogens is 2. The smallest absolute Gasteiger partial charge is 0.432 e. The Morgan fingerprint density at radius 1 is 1.23 bits per heavy atom. The minimum Gasteiger partial charge on any atom is -0.497 e. The lowest BCUT2D eigenvalue weighted by Gasteiger charge is -2.24. The van der Waals surface area contributed by atoms with Gasteiger partial charge in [0, 0.05) is 12.2 Å². The van der Waals surface area contributed by atoms with Gasteiger partial charge in [0.05, 0.1) is 18.0 Å². The Hall–Kier alpha value is -3.75. The Labute approximate surface area is 173 Å². The zero-order valence-corrected chi connectivity index (χ0v) is 17.3. The van der Waals surface area contributed by atoms with E-state index < -0.39 is 17.5 Å². The number of amides is 2. The van der Waals surface area contributed by atoms with Gasteiger partial charge in [-0.1, -0.05) is 32.9 Å². The number of methoxy groups -OCH3 is 1. The van der Waals surface area contributed by atoms with Gasteiger partial charge in [0.1, 0.15) is 5.75 Å². The van der Waals surface area contributed by atoms with Gasteiger partial charge in [-0.15, -0.1) is 5.10 Å². The molecular weight excluding hydrogens is 386 g/mol. The zero-order chi connectivity index (χ0) is 22.1. The summed E-state index contributed by atoms with van der Waals surface area (Å²) in [5, 5.41) is 19.5. The number of carbonyl (C=O) groups is 2. The number of nitrogens with two attached hydrogens (primary N) is 1. The lowest BCUT2D eigenvalue weighted by Crippen LogP contribution is -2.29. The number of hydrogen-bond acceptors (Lipinski definition) is 5. The number of ether oxygens (including phenoxy) is 1. The maximum atomic E-state index is 12.6. The molecule has 3 aromatic rings. The average Bonchev–Trinajstić information content (AvgIpc) is 3.02. The van der Waals surface area contributed by atoms with Crippen LogP contribution in [0.2, 0.25) is 0 Å². The van der Waals surface area contributed by atoms with E-state index in [0.29, 0.717) is 34.4 Å². The van der Waals surface area contributed by atoms with E-state index in [0.717, 1.165) is 10.2 Å². The summed E-state index contributed by atoms with van der Waals surface area (Å²) in [6.07, 6.45) is -1.23. The van der Waals surface area contributed by atoms with E-state index in [9.17, 15) is 14.7 Å². The largest absolute Gasteiger partial charge is 0.497 e. The van der Waals surface area contributed by atoms with Crippen LogP contribution in [0.25, 0.3) is 10.9 Å². The van der Waals surface area contributed by atoms with E-state index in [1.165, 1.54) is 0 Å². The molecule has 0 aliphatic rings. The second-order valence-electron chi connectivity index (χ2n) is 7.87. The molecule has 0 aliphatic carbocycles. The van der Waals surface area contributed by atoms with Gasteiger partial charge in [-0.05, 0) is 40.8 Å². The molecule has 0 atom stereocenters. The van der Waals surface area contributed by atoms with Gasteiger partial charge >= 0.3 is 12.1 Å². The third-order valence-corrected chi connectivity index (χ3v) is 4.64. The summed E-state index contributed by atoms with van der Waals surface area (Å²) in [4.78, 5) is 24.0. The maximum absolute atomic E-state index is 12.6. The number of urea groups is 1. The molecule has 5 N–H and O–H groups in total. The molecule has 2 amide bonds. The second kappa shape index (κ2) is 7.94. The average molecular weight is 411 g/mol. The number of anilines is 2. The van der Waals surface area contributed by atoms with Crippen molar-refractivity contribution in [1.82, 2.24) is 15.1 Å². The molecule has 1 aromatic heterocycles. The second-order valence-corrected chi connectivity index (χ2v) is 7.87. The summed E-state index contributed by atoms with van der Waals surface area (Å²) in [6, 6.07) is 10.3. The first kappa shape index (κ1) is 21.0. The summed E-state index contributed by atoms with van der Waals surface area (Å²) in [7, 11) is 1.58. The van der Waals surface area contributed by atoms with Crippen molar-refractivity contribution in [1.29, 1.82) is 0 Å². The Bertz CT molecular complexity index is 1110. The van der Waals surface area contributed by atoms with Crippen LogP contribution < -0.4 is 21.1 Å². The molecule has 0 radical (unpaired) electrons. The fourth-order valence-corrected chi connectivity index (χ4v) is 3.40. The van der Waals surface area contributed by atoms with Crippen molar-refractivity contribution in [2.24, 2.45) is 0 Å². The highest BCUT2D eigenvalue weighted by atomic mass is 16.5. The molecular formula is C21H25N5O4. The van der Waals surface area contributed by atoms with Crippen molar-refractivity contribution in [2.45, 2.75) is 32.7 Å². The summed E-state index contributed by atoms with van der Waals surface area (Å²) < 4.78 is 6.03. The standard InChI is InChI=1S/C21H25N5O4/c1-21(2,3)17-14(8-9-15-16(17)18(22)25-26(15)20(28)29)24-19(27)23-11-12-6-5-7-13(10-12)30-4/h5-10H,11H2,1-4H3,(H2,22,25)(H,28,29)(H2,23,24,27). The van der Waals surface area contributed by atoms with Gasteiger partial charge in [0.25, 0.3) is 0 Å². The van der Waals surface area contributed by atoms with E-state index in [-0.39, 0.29) is 5.82 Å². The number of nitrogen functional groups attached to an aromatic ring is 1. The van der Waals surface area contributed by atoms with Crippen LogP contribution in [0.3, 0.4) is 0 Å². The van der Waals surface area contributed by atoms with Crippen LogP contribution in [0.5, 0.6) is 5.75 Å². The Morgan fingerprint density at radius 2 is 1.97 bits per heavy atom. The monoisotopic (exact) mass is 411 g/mol. The number of hydrogen-bond donors (Lipinski definition) is 4. The minimum absolute atomic E-state index is 0.0952. The van der Waals surface area contributed by atoms with E-state index in [1.54, 1.807) is 19.2 Å². The molecule has 9 heteroatoms. The Balaban J connectivity index is 1.90. The van der Waals surface area contributed by atoms with Crippen molar-refractivity contribution >= 4 is 34.5 Å². The van der Waals surface area contributed by atoms with E-state index in [4.69, 9.17) is 10.5 Å². The van der Waals surface area contributed by atoms with E-state index in [2.05, 4.69) is 15.7 Å². The SMILES string of the molecule is COc1cccc(CNC(=O)Nc2ccc3c(c(N)nn3C(=O)O)c2C(C)(C)C)c1. The molecule has 30 heavy (non-hydrogen) atoms. The van der Waals surface area contributed by atoms with E-state index >= 15 is 0 Å². The molecule has 0 unspecified atom stereocenters. The van der Waals surface area contributed by atoms with Gasteiger partial charge in [-0.3, -0.25) is 0 Å². The fraction of sp³-hybridized carbons (Fsp3) is 0.286. The van der Waals surface area contributed by atoms with Gasteiger partial charge in [0.15, 0.2) is 5.82 Å². The van der Waals surface area contributed by atoms with Gasteiger partial charge in [-0.2, -0.15) is 4.68 Å². The molecule has 2 aromatic carbocycles. The molecule has 1 heterocycles. The number of carboxylic acid groups (broad SMARTS) is 1. The molecule has 0 spiro atoms. The molecule has 0 saturated carbocycles. The number of fused-ring (bicyclic) bond motifs is 1. The number of carbonyl (C=O) groups excluding carboxylic acids is 1. The van der Waals surface area contributed by atoms with Gasteiger partial charge in [0.2, 0.25) is 0 Å². The highest BCUT2D eigenvalue weighted by Gasteiger charge is 2.27. The summed E-state index contributed by atoms with van der Waals surface area (Å²) in [5.74, 6) is 0.805. The molecule has 0 bridgehead atoms. The summed E-state index contributed by atoms with van der Waals surface area (Å²) >= 11 is 0. The molecule has 9 nitrogen and oxygen atoms in total. The molecule has 0 fully saturated rings. The lowest BCUT2D eigenvalue weighted by atomic mass is 9.83. The first-order chi connectivity index (χ1) is 14.1. The number of nitrogens with one attached hydrogen (secondary N) is 2. The zero-order valence-electron chi connectivity index (χ0n) is 17.3. The Morgan fingerprint density at radius 3 is 2.60 bits per heavy atom. The van der Waals surface area contributed by atoms with Crippen molar-refractivity contribution in [3.05, 3.63) is 47.5 Å². The predicted octanol–water partition coefficient (Wildman–Crippen LogP) is 3.77. The fourth-order valence-electron chi connectivity index (χ4n) is 3.40. The molecule has 3 rings (SSSR count). The lowest BCUT2D eigenvalue weighted by molar-refractivity contribution is 0.194. The first-order valence-corrected chi connectivity index (χ1v) is 9.34. The number of benzene rings is 2. The highest BCUT2D eigenvalue weighted by molar-refractivity contribution is 6.02. The van der Waals surface area contributed by atoms with Crippen LogP contribution in [0, 0.1) is 0 Å². The quantitative estimate of drug-likeness (QED) is 0.517. The van der Waals surface area contributed by atoms with Crippen LogP contribution in [0.15, 0.2) is 36.4 Å². The third kappa shape index (κ3) is 4.14. The first-order valence-electron chi connectivity index (χ1n) is 9.34. The normalized spacial score (nSPS) is 11.3. The van der Waals surface area contributed by atoms with Crippen LogP contribution in [-0.4, -0.2) is 34.1 Å². The predicted molar refractivity (Wildman–Crippen MR) is 115 cm³/mol. The van der Waals surface area contributed by atoms with Crippen molar-refractivity contribution in [3.8, 4) is 5.75 Å². The van der Waals surface area contributed by atoms with E-state index in [1.807, 2.05) is 45.0 Å². The van der Waals surface area contributed by atoms with Gasteiger partial charge < -0.3 is 26.2 Å². The van der Waals surface area contributed by atoms with Crippen molar-refractivity contribution < 1.29 is 19.4 Å². The highest BCUT2D eigenvalue weighted by Crippen LogP contribution is 2.38. The molecule has 0 saturated heterocycles. The van der Waals surface area contributed by atoms with Crippen LogP contribution in [0.4, 0.5) is 21.1 Å². The number of rotatable bonds is 4. The van der Waals surface area contributed by atoms with Crippen LogP contribution in [0.1, 0.15) is 31.9 Å². The van der Waals surface area contributed by atoms with Crippen LogP contribution >= 0.6 is 0 Å². The number of nitrogens with zero attached hydrogens (tertiary/aromatic N) is 2. The van der Waals surface area contributed by atoms with Crippen molar-refractivity contribution in [2.75, 3.05) is 18.2 Å². The third-order valence-electron chi connectivity index (χ3n) is 4.64. The summed E-state index contributed by atoms with van der Waals surface area (Å²) in [6.45, 7) is 6.19. The van der Waals surface area contributed by atoms with Crippen LogP contribution in [-0.2, 0) is 12.0 Å². The Kier molecular flexibility index (Phi) is 5.55. The summed E-state index contributed by atoms with van der Waals surface area (Å²) in [5.41, 5.74) is 8.11. The molecule has 158 valence electrons. The topological polar surface area (TPSA) is 131 Å². The maximum Gasteiger partial charge on any atom is 0.432 e. The van der Waals surface area contributed by atoms with Crippen molar-refractivity contribution in [3.63, 3.8) is 0 Å². The molecule has 0 aliphatic heterocycles.